The van der Waals surface area contributed by atoms with Crippen LogP contribution < -0.4 is 5.46 Å². The van der Waals surface area contributed by atoms with E-state index in [0.717, 1.165) is 0 Å². The minimum atomic E-state index is -1.72. The summed E-state index contributed by atoms with van der Waals surface area (Å²) in [5.41, 5.74) is 0.477. The van der Waals surface area contributed by atoms with E-state index in [1.54, 1.807) is 30.3 Å². The molecule has 0 saturated heterocycles. The molecule has 0 amide bonds. The van der Waals surface area contributed by atoms with Gasteiger partial charge < -0.3 is 35.2 Å². The van der Waals surface area contributed by atoms with E-state index in [2.05, 4.69) is 0 Å². The smallest absolute Gasteiger partial charge is 0.423 e. The van der Waals surface area contributed by atoms with Gasteiger partial charge >= 0.3 is 7.12 Å². The SMILES string of the molecule is OC[C@@H](O)[C@@H](O)[C@H](O)[C@H](O)COB(O)c1ccccc1. The van der Waals surface area contributed by atoms with Gasteiger partial charge in [-0.15, -0.1) is 0 Å². The van der Waals surface area contributed by atoms with Crippen molar-refractivity contribution in [2.24, 2.45) is 0 Å². The zero-order chi connectivity index (χ0) is 15.1. The molecule has 0 bridgehead atoms. The van der Waals surface area contributed by atoms with E-state index in [-0.39, 0.29) is 0 Å². The second kappa shape index (κ2) is 8.33. The lowest BCUT2D eigenvalue weighted by Gasteiger charge is -2.25. The maximum atomic E-state index is 9.68. The van der Waals surface area contributed by atoms with Gasteiger partial charge in [-0.1, -0.05) is 30.3 Å². The molecule has 7 nitrogen and oxygen atoms in total. The molecule has 0 aliphatic carbocycles. The van der Waals surface area contributed by atoms with Gasteiger partial charge in [0.15, 0.2) is 0 Å². The Labute approximate surface area is 116 Å². The Balaban J connectivity index is 2.44. The van der Waals surface area contributed by atoms with E-state index in [4.69, 9.17) is 14.9 Å². The van der Waals surface area contributed by atoms with Crippen molar-refractivity contribution in [1.29, 1.82) is 0 Å². The zero-order valence-corrected chi connectivity index (χ0v) is 10.8. The van der Waals surface area contributed by atoms with Crippen LogP contribution in [0.2, 0.25) is 0 Å². The van der Waals surface area contributed by atoms with Crippen LogP contribution in [0.1, 0.15) is 0 Å². The maximum absolute atomic E-state index is 9.68. The minimum Gasteiger partial charge on any atom is -0.423 e. The molecule has 112 valence electrons. The van der Waals surface area contributed by atoms with Gasteiger partial charge in [0.1, 0.15) is 24.4 Å². The fourth-order valence-electron chi connectivity index (χ4n) is 1.57. The summed E-state index contributed by atoms with van der Waals surface area (Å²) in [6.45, 7) is -1.20. The van der Waals surface area contributed by atoms with E-state index in [0.29, 0.717) is 5.46 Å². The van der Waals surface area contributed by atoms with Crippen molar-refractivity contribution < 1.29 is 35.2 Å². The molecule has 0 aromatic heterocycles. The van der Waals surface area contributed by atoms with E-state index in [9.17, 15) is 20.3 Å². The first-order valence-corrected chi connectivity index (χ1v) is 6.15. The number of hydrogen-bond acceptors (Lipinski definition) is 7. The van der Waals surface area contributed by atoms with Crippen molar-refractivity contribution in [2.75, 3.05) is 13.2 Å². The lowest BCUT2D eigenvalue weighted by atomic mass is 9.79. The van der Waals surface area contributed by atoms with Gasteiger partial charge in [0, 0.05) is 0 Å². The minimum absolute atomic E-state index is 0.452. The Morgan fingerprint density at radius 3 is 2.05 bits per heavy atom. The van der Waals surface area contributed by atoms with Crippen LogP contribution in [0.15, 0.2) is 30.3 Å². The average molecular weight is 286 g/mol. The molecule has 1 aromatic rings. The number of aliphatic hydroxyl groups excluding tert-OH is 5. The summed E-state index contributed by atoms with van der Waals surface area (Å²) >= 11 is 0. The third-order valence-electron chi connectivity index (χ3n) is 2.84. The average Bonchev–Trinajstić information content (AvgIpc) is 2.50. The summed E-state index contributed by atoms with van der Waals surface area (Å²) in [5, 5.41) is 56.0. The predicted molar refractivity (Wildman–Crippen MR) is 71.1 cm³/mol. The number of hydrogen-bond donors (Lipinski definition) is 6. The van der Waals surface area contributed by atoms with E-state index in [1.807, 2.05) is 0 Å². The fraction of sp³-hybridized carbons (Fsp3) is 0.500. The van der Waals surface area contributed by atoms with Gasteiger partial charge in [-0.2, -0.15) is 0 Å². The van der Waals surface area contributed by atoms with Gasteiger partial charge in [0.05, 0.1) is 13.2 Å². The van der Waals surface area contributed by atoms with Crippen LogP contribution in [0, 0.1) is 0 Å². The third kappa shape index (κ3) is 4.84. The lowest BCUT2D eigenvalue weighted by molar-refractivity contribution is -0.122. The van der Waals surface area contributed by atoms with Gasteiger partial charge in [-0.3, -0.25) is 0 Å². The molecule has 0 heterocycles. The van der Waals surface area contributed by atoms with Gasteiger partial charge in [-0.05, 0) is 5.46 Å². The second-order valence-electron chi connectivity index (χ2n) is 4.39. The van der Waals surface area contributed by atoms with Gasteiger partial charge in [0.2, 0.25) is 0 Å². The first kappa shape index (κ1) is 17.1. The highest BCUT2D eigenvalue weighted by molar-refractivity contribution is 6.59. The highest BCUT2D eigenvalue weighted by Crippen LogP contribution is 2.06. The molecule has 0 fully saturated rings. The topological polar surface area (TPSA) is 131 Å². The molecule has 1 aromatic carbocycles. The molecule has 0 aliphatic heterocycles. The van der Waals surface area contributed by atoms with Crippen molar-refractivity contribution >= 4 is 12.6 Å². The van der Waals surface area contributed by atoms with Gasteiger partial charge in [-0.25, -0.2) is 0 Å². The van der Waals surface area contributed by atoms with Crippen molar-refractivity contribution in [3.8, 4) is 0 Å². The second-order valence-corrected chi connectivity index (χ2v) is 4.39. The number of rotatable bonds is 8. The highest BCUT2D eigenvalue weighted by atomic mass is 16.5. The monoisotopic (exact) mass is 286 g/mol. The van der Waals surface area contributed by atoms with Crippen LogP contribution in [-0.2, 0) is 4.65 Å². The normalized spacial score (nSPS) is 17.3. The van der Waals surface area contributed by atoms with Crippen molar-refractivity contribution in [2.45, 2.75) is 24.4 Å². The van der Waals surface area contributed by atoms with Crippen LogP contribution in [-0.4, -0.2) is 75.3 Å². The maximum Gasteiger partial charge on any atom is 0.491 e. The Bertz CT molecular complexity index is 377. The summed E-state index contributed by atoms with van der Waals surface area (Å²) in [4.78, 5) is 0. The Morgan fingerprint density at radius 2 is 1.50 bits per heavy atom. The summed E-state index contributed by atoms with van der Waals surface area (Å²) in [7, 11) is -1.28. The number of benzene rings is 1. The molecule has 20 heavy (non-hydrogen) atoms. The van der Waals surface area contributed by atoms with Gasteiger partial charge in [0.25, 0.3) is 0 Å². The van der Waals surface area contributed by atoms with Crippen molar-refractivity contribution in [3.05, 3.63) is 30.3 Å². The molecular weight excluding hydrogens is 267 g/mol. The van der Waals surface area contributed by atoms with Crippen LogP contribution in [0.4, 0.5) is 0 Å². The Morgan fingerprint density at radius 1 is 0.950 bits per heavy atom. The zero-order valence-electron chi connectivity index (χ0n) is 10.8. The van der Waals surface area contributed by atoms with Crippen molar-refractivity contribution in [1.82, 2.24) is 0 Å². The summed E-state index contributed by atoms with van der Waals surface area (Å²) in [5.74, 6) is 0. The standard InChI is InChI=1S/C12H19BO7/c14-6-9(15)11(17)12(18)10(16)7-20-13(19)8-4-2-1-3-5-8/h1-5,9-12,14-19H,6-7H2/t9-,10-,11-,12-/m1/s1. The molecule has 0 aliphatic rings. The quantitative estimate of drug-likeness (QED) is 0.278. The molecule has 1 rings (SSSR count). The highest BCUT2D eigenvalue weighted by Gasteiger charge is 2.31. The summed E-state index contributed by atoms with van der Waals surface area (Å²) in [6.07, 6.45) is -6.52. The number of aliphatic hydroxyl groups is 5. The third-order valence-corrected chi connectivity index (χ3v) is 2.84. The van der Waals surface area contributed by atoms with Crippen LogP contribution in [0.3, 0.4) is 0 Å². The predicted octanol–water partition coefficient (Wildman–Crippen LogP) is -3.17. The summed E-state index contributed by atoms with van der Waals surface area (Å²) in [6, 6.07) is 8.42. The molecule has 0 spiro atoms. The Hall–Kier alpha value is -0.995. The summed E-state index contributed by atoms with van der Waals surface area (Å²) < 4.78 is 4.96. The molecule has 0 unspecified atom stereocenters. The fourth-order valence-corrected chi connectivity index (χ4v) is 1.57. The Kier molecular flexibility index (Phi) is 7.10. The molecule has 6 N–H and O–H groups in total. The molecule has 8 heteroatoms. The molecular formula is C12H19BO7. The van der Waals surface area contributed by atoms with E-state index in [1.165, 1.54) is 0 Å². The first-order valence-electron chi connectivity index (χ1n) is 6.15. The largest absolute Gasteiger partial charge is 0.491 e. The first-order chi connectivity index (χ1) is 9.47. The lowest BCUT2D eigenvalue weighted by Crippen LogP contribution is -2.48. The van der Waals surface area contributed by atoms with Crippen LogP contribution >= 0.6 is 0 Å². The molecule has 0 saturated carbocycles. The molecule has 4 atom stereocenters. The van der Waals surface area contributed by atoms with E-state index < -0.39 is 44.7 Å². The van der Waals surface area contributed by atoms with E-state index >= 15 is 0 Å². The van der Waals surface area contributed by atoms with Crippen LogP contribution in [0.25, 0.3) is 0 Å². The molecule has 0 radical (unpaired) electrons. The van der Waals surface area contributed by atoms with Crippen LogP contribution in [0.5, 0.6) is 0 Å². The van der Waals surface area contributed by atoms with Crippen molar-refractivity contribution in [3.63, 3.8) is 0 Å².